The van der Waals surface area contributed by atoms with Gasteiger partial charge in [-0.15, -0.1) is 10.2 Å². The number of hydrogen-bond acceptors (Lipinski definition) is 7. The van der Waals surface area contributed by atoms with E-state index in [4.69, 9.17) is 13.6 Å². The molecular formula is C23H19N3O4S. The van der Waals surface area contributed by atoms with Crippen LogP contribution in [0, 0.1) is 6.92 Å². The summed E-state index contributed by atoms with van der Waals surface area (Å²) in [6.45, 7) is 2.22. The lowest BCUT2D eigenvalue weighted by Crippen LogP contribution is -2.42. The van der Waals surface area contributed by atoms with Crippen LogP contribution in [0.2, 0.25) is 0 Å². The average molecular weight is 433 g/mol. The molecule has 0 radical (unpaired) electrons. The standard InChI is InChI=1S/C23H19N3O4S/c1-15-17(11-12-28-15)22-24-25-23(30-22)31-14-21(27)26-18-9-5-6-10-20(18)29-13-19(26)16-7-3-2-4-8-16/h2-12,19H,13-14H2,1H3/t19-/m0/s1. The van der Waals surface area contributed by atoms with Crippen LogP contribution in [0.5, 0.6) is 5.75 Å². The number of rotatable bonds is 5. The van der Waals surface area contributed by atoms with Crippen molar-refractivity contribution in [3.05, 3.63) is 78.3 Å². The van der Waals surface area contributed by atoms with Crippen LogP contribution in [0.3, 0.4) is 0 Å². The van der Waals surface area contributed by atoms with E-state index >= 15 is 0 Å². The first-order chi connectivity index (χ1) is 15.2. The fraction of sp³-hybridized carbons (Fsp3) is 0.174. The van der Waals surface area contributed by atoms with E-state index in [1.165, 1.54) is 11.8 Å². The predicted octanol–water partition coefficient (Wildman–Crippen LogP) is 4.90. The second-order valence-electron chi connectivity index (χ2n) is 7.02. The highest BCUT2D eigenvalue weighted by Crippen LogP contribution is 2.40. The van der Waals surface area contributed by atoms with Crippen molar-refractivity contribution >= 4 is 23.4 Å². The zero-order chi connectivity index (χ0) is 21.2. The molecule has 0 bridgehead atoms. The Labute approximate surface area is 183 Å². The number of amides is 1. The van der Waals surface area contributed by atoms with E-state index in [2.05, 4.69) is 10.2 Å². The summed E-state index contributed by atoms with van der Waals surface area (Å²) in [7, 11) is 0. The number of fused-ring (bicyclic) bond motifs is 1. The molecule has 0 aliphatic carbocycles. The second-order valence-corrected chi connectivity index (χ2v) is 7.95. The Bertz CT molecular complexity index is 1200. The number of aromatic nitrogens is 2. The monoisotopic (exact) mass is 433 g/mol. The minimum atomic E-state index is -0.212. The van der Waals surface area contributed by atoms with Crippen molar-refractivity contribution in [1.29, 1.82) is 0 Å². The Morgan fingerprint density at radius 1 is 1.10 bits per heavy atom. The number of carbonyl (C=O) groups excluding carboxylic acids is 1. The van der Waals surface area contributed by atoms with Crippen molar-refractivity contribution in [2.75, 3.05) is 17.3 Å². The van der Waals surface area contributed by atoms with Crippen molar-refractivity contribution in [2.45, 2.75) is 18.2 Å². The van der Waals surface area contributed by atoms with Gasteiger partial charge in [0.15, 0.2) is 0 Å². The summed E-state index contributed by atoms with van der Waals surface area (Å²) in [6.07, 6.45) is 1.57. The molecule has 0 N–H and O–H groups in total. The molecule has 0 unspecified atom stereocenters. The topological polar surface area (TPSA) is 81.6 Å². The summed E-state index contributed by atoms with van der Waals surface area (Å²) in [4.78, 5) is 15.2. The lowest BCUT2D eigenvalue weighted by Gasteiger charge is -2.37. The summed E-state index contributed by atoms with van der Waals surface area (Å²) >= 11 is 1.22. The van der Waals surface area contributed by atoms with Gasteiger partial charge in [0, 0.05) is 0 Å². The van der Waals surface area contributed by atoms with E-state index < -0.39 is 0 Å². The molecular weight excluding hydrogens is 414 g/mol. The second kappa shape index (κ2) is 8.31. The number of furan rings is 1. The Morgan fingerprint density at radius 2 is 1.90 bits per heavy atom. The molecule has 3 heterocycles. The van der Waals surface area contributed by atoms with E-state index in [-0.39, 0.29) is 17.7 Å². The van der Waals surface area contributed by atoms with E-state index in [0.717, 1.165) is 16.8 Å². The zero-order valence-corrected chi connectivity index (χ0v) is 17.5. The lowest BCUT2D eigenvalue weighted by atomic mass is 10.0. The number of aryl methyl sites for hydroxylation is 1. The molecule has 0 saturated heterocycles. The van der Waals surface area contributed by atoms with Crippen molar-refractivity contribution in [3.8, 4) is 17.2 Å². The molecule has 1 amide bonds. The SMILES string of the molecule is Cc1occc1-c1nnc(SCC(=O)N2c3ccccc3OC[C@H]2c2ccccc2)o1. The van der Waals surface area contributed by atoms with Gasteiger partial charge in [-0.25, -0.2) is 0 Å². The van der Waals surface area contributed by atoms with Crippen molar-refractivity contribution in [2.24, 2.45) is 0 Å². The maximum Gasteiger partial charge on any atom is 0.277 e. The number of nitrogens with zero attached hydrogens (tertiary/aromatic N) is 3. The van der Waals surface area contributed by atoms with Gasteiger partial charge in [-0.2, -0.15) is 0 Å². The van der Waals surface area contributed by atoms with Gasteiger partial charge in [-0.1, -0.05) is 54.2 Å². The number of ether oxygens (including phenoxy) is 1. The van der Waals surface area contributed by atoms with E-state index in [1.54, 1.807) is 17.2 Å². The maximum atomic E-state index is 13.4. The Morgan fingerprint density at radius 3 is 2.71 bits per heavy atom. The van der Waals surface area contributed by atoms with Crippen LogP contribution < -0.4 is 9.64 Å². The van der Waals surface area contributed by atoms with Crippen LogP contribution in [0.25, 0.3) is 11.5 Å². The molecule has 1 atom stereocenters. The van der Waals surface area contributed by atoms with Gasteiger partial charge < -0.3 is 13.6 Å². The molecule has 0 fully saturated rings. The van der Waals surface area contributed by atoms with Gasteiger partial charge in [-0.05, 0) is 30.7 Å². The van der Waals surface area contributed by atoms with Crippen LogP contribution in [-0.4, -0.2) is 28.5 Å². The summed E-state index contributed by atoms with van der Waals surface area (Å²) in [6, 6.07) is 19.0. The third-order valence-electron chi connectivity index (χ3n) is 5.10. The van der Waals surface area contributed by atoms with Crippen LogP contribution in [0.4, 0.5) is 5.69 Å². The maximum absolute atomic E-state index is 13.4. The molecule has 7 nitrogen and oxygen atoms in total. The first-order valence-electron chi connectivity index (χ1n) is 9.80. The van der Waals surface area contributed by atoms with Gasteiger partial charge in [-0.3, -0.25) is 9.69 Å². The van der Waals surface area contributed by atoms with Gasteiger partial charge in [0.25, 0.3) is 11.1 Å². The molecule has 1 aliphatic heterocycles. The van der Waals surface area contributed by atoms with Gasteiger partial charge in [0.2, 0.25) is 5.91 Å². The highest BCUT2D eigenvalue weighted by Gasteiger charge is 2.33. The van der Waals surface area contributed by atoms with Crippen LogP contribution in [-0.2, 0) is 4.79 Å². The number of thioether (sulfide) groups is 1. The summed E-state index contributed by atoms with van der Waals surface area (Å²) in [5.74, 6) is 1.87. The summed E-state index contributed by atoms with van der Waals surface area (Å²) in [5.41, 5.74) is 2.52. The molecule has 8 heteroatoms. The fourth-order valence-corrected chi connectivity index (χ4v) is 4.22. The number of para-hydroxylation sites is 2. The minimum Gasteiger partial charge on any atom is -0.489 e. The number of hydrogen-bond donors (Lipinski definition) is 0. The van der Waals surface area contributed by atoms with Gasteiger partial charge in [0.05, 0.1) is 29.3 Å². The van der Waals surface area contributed by atoms with Crippen LogP contribution >= 0.6 is 11.8 Å². The molecule has 2 aromatic heterocycles. The molecule has 4 aromatic rings. The molecule has 1 aliphatic rings. The van der Waals surface area contributed by atoms with Crippen molar-refractivity contribution in [3.63, 3.8) is 0 Å². The first kappa shape index (κ1) is 19.4. The third kappa shape index (κ3) is 3.82. The minimum absolute atomic E-state index is 0.0613. The van der Waals surface area contributed by atoms with Crippen molar-refractivity contribution < 1.29 is 18.4 Å². The molecule has 156 valence electrons. The Hall–Kier alpha value is -3.52. The van der Waals surface area contributed by atoms with E-state index in [1.807, 2.05) is 61.5 Å². The smallest absolute Gasteiger partial charge is 0.277 e. The van der Waals surface area contributed by atoms with Crippen LogP contribution in [0.15, 0.2) is 81.0 Å². The fourth-order valence-electron chi connectivity index (χ4n) is 3.59. The van der Waals surface area contributed by atoms with Crippen molar-refractivity contribution in [1.82, 2.24) is 10.2 Å². The highest BCUT2D eigenvalue weighted by molar-refractivity contribution is 7.99. The lowest BCUT2D eigenvalue weighted by molar-refractivity contribution is -0.117. The van der Waals surface area contributed by atoms with E-state index in [9.17, 15) is 4.79 Å². The van der Waals surface area contributed by atoms with Gasteiger partial charge >= 0.3 is 0 Å². The number of benzene rings is 2. The molecule has 31 heavy (non-hydrogen) atoms. The molecule has 0 spiro atoms. The quantitative estimate of drug-likeness (QED) is 0.414. The average Bonchev–Trinajstić information content (AvgIpc) is 3.46. The normalized spacial score (nSPS) is 15.4. The number of anilines is 1. The van der Waals surface area contributed by atoms with Gasteiger partial charge in [0.1, 0.15) is 18.1 Å². The Balaban J connectivity index is 1.37. The highest BCUT2D eigenvalue weighted by atomic mass is 32.2. The summed E-state index contributed by atoms with van der Waals surface area (Å²) < 4.78 is 16.9. The first-order valence-corrected chi connectivity index (χ1v) is 10.8. The van der Waals surface area contributed by atoms with Crippen LogP contribution in [0.1, 0.15) is 17.4 Å². The molecule has 5 rings (SSSR count). The molecule has 2 aromatic carbocycles. The Kier molecular flexibility index (Phi) is 5.21. The predicted molar refractivity (Wildman–Crippen MR) is 116 cm³/mol. The third-order valence-corrected chi connectivity index (χ3v) is 5.90. The summed E-state index contributed by atoms with van der Waals surface area (Å²) in [5, 5.41) is 8.46. The molecule has 0 saturated carbocycles. The number of carbonyl (C=O) groups is 1. The largest absolute Gasteiger partial charge is 0.489 e. The zero-order valence-electron chi connectivity index (χ0n) is 16.7. The van der Waals surface area contributed by atoms with E-state index in [0.29, 0.717) is 29.2 Å².